The number of hydrogen-bond acceptors (Lipinski definition) is 3. The number of nitrogens with zero attached hydrogens (tertiary/aromatic N) is 3. The number of benzene rings is 1. The first-order valence-corrected chi connectivity index (χ1v) is 5.69. The Balaban J connectivity index is 2.57. The van der Waals surface area contributed by atoms with Gasteiger partial charge in [0.2, 0.25) is 0 Å². The highest BCUT2D eigenvalue weighted by atomic mass is 15.1. The van der Waals surface area contributed by atoms with E-state index in [1.807, 2.05) is 49.3 Å². The van der Waals surface area contributed by atoms with Gasteiger partial charge in [0.15, 0.2) is 5.96 Å². The molecule has 5 heteroatoms. The highest BCUT2D eigenvalue weighted by Crippen LogP contribution is 2.22. The van der Waals surface area contributed by atoms with Gasteiger partial charge in [0.1, 0.15) is 5.82 Å². The maximum Gasteiger partial charge on any atom is 0.186 e. The molecule has 2 aromatic rings. The summed E-state index contributed by atoms with van der Waals surface area (Å²) in [6.07, 6.45) is 0. The second-order valence-electron chi connectivity index (χ2n) is 4.29. The fraction of sp³-hybridized carbons (Fsp3) is 0.231. The Morgan fingerprint density at radius 2 is 2.00 bits per heavy atom. The number of pyridine rings is 1. The summed E-state index contributed by atoms with van der Waals surface area (Å²) in [5.74, 6) is 0.997. The maximum absolute atomic E-state index is 5.38. The van der Waals surface area contributed by atoms with Crippen LogP contribution in [0.1, 0.15) is 5.56 Å². The van der Waals surface area contributed by atoms with Crippen LogP contribution < -0.4 is 16.4 Å². The number of aliphatic imine (C=N–C) groups is 1. The van der Waals surface area contributed by atoms with Gasteiger partial charge >= 0.3 is 0 Å². The summed E-state index contributed by atoms with van der Waals surface area (Å²) in [6, 6.07) is 9.98. The van der Waals surface area contributed by atoms with Gasteiger partial charge in [-0.3, -0.25) is 0 Å². The molecule has 0 unspecified atom stereocenters. The Morgan fingerprint density at radius 1 is 1.28 bits per heavy atom. The van der Waals surface area contributed by atoms with Crippen molar-refractivity contribution in [1.29, 1.82) is 0 Å². The second-order valence-corrected chi connectivity index (χ2v) is 4.29. The highest BCUT2D eigenvalue weighted by Gasteiger charge is 2.06. The average Bonchev–Trinajstić information content (AvgIpc) is 2.35. The summed E-state index contributed by atoms with van der Waals surface area (Å²) < 4.78 is 0. The third-order valence-electron chi connectivity index (χ3n) is 2.68. The molecule has 5 nitrogen and oxygen atoms in total. The first-order chi connectivity index (χ1) is 8.58. The van der Waals surface area contributed by atoms with Crippen LogP contribution in [0.2, 0.25) is 0 Å². The van der Waals surface area contributed by atoms with E-state index in [1.165, 1.54) is 0 Å². The summed E-state index contributed by atoms with van der Waals surface area (Å²) in [5, 5.41) is 1.08. The molecule has 94 valence electrons. The number of rotatable bonds is 3. The van der Waals surface area contributed by atoms with E-state index in [0.717, 1.165) is 22.3 Å². The summed E-state index contributed by atoms with van der Waals surface area (Å²) >= 11 is 0. The number of nitrogens with two attached hydrogens (primary N) is 2. The van der Waals surface area contributed by atoms with Crippen molar-refractivity contribution in [3.63, 3.8) is 0 Å². The minimum Gasteiger partial charge on any atom is -0.370 e. The van der Waals surface area contributed by atoms with Gasteiger partial charge in [-0.1, -0.05) is 18.2 Å². The Morgan fingerprint density at radius 3 is 2.67 bits per heavy atom. The van der Waals surface area contributed by atoms with Crippen LogP contribution in [0.15, 0.2) is 35.3 Å². The third-order valence-corrected chi connectivity index (χ3v) is 2.68. The van der Waals surface area contributed by atoms with Gasteiger partial charge in [-0.25, -0.2) is 9.98 Å². The molecule has 1 heterocycles. The minimum absolute atomic E-state index is 0.0993. The first-order valence-electron chi connectivity index (χ1n) is 5.69. The first kappa shape index (κ1) is 12.2. The van der Waals surface area contributed by atoms with Crippen LogP contribution in [-0.2, 0) is 6.54 Å². The topological polar surface area (TPSA) is 80.5 Å². The molecule has 0 saturated heterocycles. The van der Waals surface area contributed by atoms with E-state index in [4.69, 9.17) is 11.5 Å². The molecule has 0 atom stereocenters. The second kappa shape index (κ2) is 4.91. The molecule has 0 bridgehead atoms. The van der Waals surface area contributed by atoms with Crippen LogP contribution in [0.4, 0.5) is 5.82 Å². The van der Waals surface area contributed by atoms with Crippen LogP contribution in [0.3, 0.4) is 0 Å². The lowest BCUT2D eigenvalue weighted by Crippen LogP contribution is -2.22. The molecule has 18 heavy (non-hydrogen) atoms. The van der Waals surface area contributed by atoms with Crippen LogP contribution in [0.5, 0.6) is 0 Å². The highest BCUT2D eigenvalue weighted by molar-refractivity contribution is 5.84. The number of fused-ring (bicyclic) bond motifs is 1. The molecule has 0 saturated carbocycles. The smallest absolute Gasteiger partial charge is 0.186 e. The van der Waals surface area contributed by atoms with Gasteiger partial charge < -0.3 is 16.4 Å². The minimum atomic E-state index is 0.0993. The fourth-order valence-corrected chi connectivity index (χ4v) is 1.77. The van der Waals surface area contributed by atoms with E-state index in [1.54, 1.807) is 0 Å². The van der Waals surface area contributed by atoms with Crippen molar-refractivity contribution < 1.29 is 0 Å². The molecule has 0 aliphatic heterocycles. The van der Waals surface area contributed by atoms with Gasteiger partial charge in [0.25, 0.3) is 0 Å². The quantitative estimate of drug-likeness (QED) is 0.624. The van der Waals surface area contributed by atoms with E-state index < -0.39 is 0 Å². The molecule has 0 radical (unpaired) electrons. The third kappa shape index (κ3) is 2.51. The summed E-state index contributed by atoms with van der Waals surface area (Å²) in [6.45, 7) is 0.464. The van der Waals surface area contributed by atoms with Gasteiger partial charge in [-0.05, 0) is 17.7 Å². The molecule has 2 rings (SSSR count). The summed E-state index contributed by atoms with van der Waals surface area (Å²) in [4.78, 5) is 10.6. The van der Waals surface area contributed by atoms with Crippen LogP contribution in [0, 0.1) is 0 Å². The Labute approximate surface area is 106 Å². The van der Waals surface area contributed by atoms with Crippen molar-refractivity contribution in [1.82, 2.24) is 4.98 Å². The zero-order valence-corrected chi connectivity index (χ0v) is 10.6. The van der Waals surface area contributed by atoms with E-state index >= 15 is 0 Å². The lowest BCUT2D eigenvalue weighted by Gasteiger charge is -2.14. The molecule has 4 N–H and O–H groups in total. The van der Waals surface area contributed by atoms with E-state index in [9.17, 15) is 0 Å². The zero-order valence-electron chi connectivity index (χ0n) is 10.6. The van der Waals surface area contributed by atoms with Gasteiger partial charge in [0, 0.05) is 19.5 Å². The number of aromatic nitrogens is 1. The number of para-hydroxylation sites is 1. The largest absolute Gasteiger partial charge is 0.370 e. The molecule has 0 amide bonds. The maximum atomic E-state index is 5.38. The fourth-order valence-electron chi connectivity index (χ4n) is 1.77. The standard InChI is InChI=1S/C13H17N5/c1-18(2)12-7-9(8-16-13(14)15)10-5-3-4-6-11(10)17-12/h3-7H,8H2,1-2H3,(H4,14,15,16). The van der Waals surface area contributed by atoms with Crippen molar-refractivity contribution in [3.8, 4) is 0 Å². The van der Waals surface area contributed by atoms with Crippen molar-refractivity contribution in [2.75, 3.05) is 19.0 Å². The van der Waals surface area contributed by atoms with Crippen LogP contribution in [0.25, 0.3) is 10.9 Å². The van der Waals surface area contributed by atoms with Crippen molar-refractivity contribution in [2.24, 2.45) is 16.5 Å². The normalized spacial score (nSPS) is 10.3. The Kier molecular flexibility index (Phi) is 3.32. The van der Waals surface area contributed by atoms with Crippen molar-refractivity contribution in [2.45, 2.75) is 6.54 Å². The van der Waals surface area contributed by atoms with Crippen molar-refractivity contribution in [3.05, 3.63) is 35.9 Å². The van der Waals surface area contributed by atoms with Crippen molar-refractivity contribution >= 4 is 22.7 Å². The number of anilines is 1. The van der Waals surface area contributed by atoms with Crippen LogP contribution in [-0.4, -0.2) is 25.0 Å². The Hall–Kier alpha value is -2.30. The molecule has 0 fully saturated rings. The molecule has 1 aromatic heterocycles. The lowest BCUT2D eigenvalue weighted by molar-refractivity contribution is 1.03. The molecular formula is C13H17N5. The predicted octanol–water partition coefficient (Wildman–Crippen LogP) is 1.07. The van der Waals surface area contributed by atoms with Gasteiger partial charge in [-0.15, -0.1) is 0 Å². The molecular weight excluding hydrogens is 226 g/mol. The molecule has 1 aromatic carbocycles. The van der Waals surface area contributed by atoms with Crippen LogP contribution >= 0.6 is 0 Å². The summed E-state index contributed by atoms with van der Waals surface area (Å²) in [5.41, 5.74) is 12.8. The summed E-state index contributed by atoms with van der Waals surface area (Å²) in [7, 11) is 3.92. The number of guanidine groups is 1. The SMILES string of the molecule is CN(C)c1cc(CN=C(N)N)c2ccccc2n1. The Bertz CT molecular complexity index is 585. The number of hydrogen-bond donors (Lipinski definition) is 2. The van der Waals surface area contributed by atoms with Gasteiger partial charge in [-0.2, -0.15) is 0 Å². The zero-order chi connectivity index (χ0) is 13.1. The average molecular weight is 243 g/mol. The molecule has 0 aliphatic rings. The monoisotopic (exact) mass is 243 g/mol. The molecule has 0 aliphatic carbocycles. The van der Waals surface area contributed by atoms with E-state index in [2.05, 4.69) is 9.98 Å². The molecule has 0 spiro atoms. The van der Waals surface area contributed by atoms with Gasteiger partial charge in [0.05, 0.1) is 12.1 Å². The van der Waals surface area contributed by atoms with E-state index in [-0.39, 0.29) is 5.96 Å². The van der Waals surface area contributed by atoms with E-state index in [0.29, 0.717) is 6.54 Å². The predicted molar refractivity (Wildman–Crippen MR) is 75.6 cm³/mol. The lowest BCUT2D eigenvalue weighted by atomic mass is 10.1.